The number of amides is 2. The third-order valence-electron chi connectivity index (χ3n) is 2.89. The summed E-state index contributed by atoms with van der Waals surface area (Å²) < 4.78 is 18.8. The van der Waals surface area contributed by atoms with E-state index in [0.29, 0.717) is 0 Å². The van der Waals surface area contributed by atoms with Crippen LogP contribution in [0.3, 0.4) is 0 Å². The van der Waals surface area contributed by atoms with Gasteiger partial charge in [0.15, 0.2) is 6.17 Å². The van der Waals surface area contributed by atoms with E-state index in [2.05, 4.69) is 0 Å². The lowest BCUT2D eigenvalue weighted by Gasteiger charge is -2.29. The molecule has 1 aliphatic rings. The summed E-state index contributed by atoms with van der Waals surface area (Å²) in [5.41, 5.74) is -0.818. The topological polar surface area (TPSA) is 46.6 Å². The Bertz CT molecular complexity index is 322. The molecule has 98 valence electrons. The molecule has 1 rings (SSSR count). The Labute approximate surface area is 101 Å². The van der Waals surface area contributed by atoms with Gasteiger partial charge >= 0.3 is 6.09 Å². The molecule has 1 heterocycles. The third-order valence-corrected chi connectivity index (χ3v) is 2.89. The molecule has 0 N–H and O–H groups in total. The molecule has 1 aliphatic heterocycles. The average Bonchev–Trinajstić information content (AvgIpc) is 2.56. The second-order valence-corrected chi connectivity index (χ2v) is 5.83. The SMILES string of the molecule is CC(C)[C@H]1COC(=O)N1C(=O)[C@@H](F)C(C)(C)C. The van der Waals surface area contributed by atoms with Gasteiger partial charge in [0, 0.05) is 5.41 Å². The molecule has 0 aromatic rings. The zero-order chi connectivity index (χ0) is 13.4. The minimum Gasteiger partial charge on any atom is -0.447 e. The number of alkyl halides is 1. The Kier molecular flexibility index (Phi) is 3.79. The number of carbonyl (C=O) groups excluding carboxylic acids is 2. The summed E-state index contributed by atoms with van der Waals surface area (Å²) in [6, 6.07) is -0.365. The maximum atomic E-state index is 14.0. The lowest BCUT2D eigenvalue weighted by Crippen LogP contribution is -2.48. The fourth-order valence-corrected chi connectivity index (χ4v) is 1.67. The number of carbonyl (C=O) groups is 2. The summed E-state index contributed by atoms with van der Waals surface area (Å²) in [6.07, 6.45) is -2.44. The highest BCUT2D eigenvalue weighted by atomic mass is 19.1. The summed E-state index contributed by atoms with van der Waals surface area (Å²) in [5, 5.41) is 0. The van der Waals surface area contributed by atoms with E-state index in [0.717, 1.165) is 4.90 Å². The van der Waals surface area contributed by atoms with Crippen LogP contribution in [0.4, 0.5) is 9.18 Å². The molecule has 0 unspecified atom stereocenters. The van der Waals surface area contributed by atoms with E-state index in [4.69, 9.17) is 4.74 Å². The molecule has 1 fully saturated rings. The molecule has 0 spiro atoms. The standard InChI is InChI=1S/C12H20FNO3/c1-7(2)8-6-17-11(16)14(8)10(15)9(13)12(3,4)5/h7-9H,6H2,1-5H3/t8-,9-/m1/s1. The lowest BCUT2D eigenvalue weighted by molar-refractivity contribution is -0.138. The molecule has 0 bridgehead atoms. The number of rotatable bonds is 2. The van der Waals surface area contributed by atoms with Crippen molar-refractivity contribution in [1.82, 2.24) is 4.90 Å². The molecule has 0 radical (unpaired) electrons. The first-order valence-electron chi connectivity index (χ1n) is 5.80. The van der Waals surface area contributed by atoms with Crippen LogP contribution < -0.4 is 0 Å². The van der Waals surface area contributed by atoms with Crippen LogP contribution in [0.25, 0.3) is 0 Å². The van der Waals surface area contributed by atoms with E-state index in [1.54, 1.807) is 20.8 Å². The lowest BCUT2D eigenvalue weighted by atomic mass is 9.89. The zero-order valence-electron chi connectivity index (χ0n) is 11.0. The van der Waals surface area contributed by atoms with Crippen molar-refractivity contribution in [2.45, 2.75) is 46.8 Å². The van der Waals surface area contributed by atoms with Crippen LogP contribution in [0.15, 0.2) is 0 Å². The summed E-state index contributed by atoms with van der Waals surface area (Å²) in [5.74, 6) is -0.740. The van der Waals surface area contributed by atoms with Crippen LogP contribution in [-0.4, -0.2) is 35.7 Å². The number of hydrogen-bond donors (Lipinski definition) is 0. The Balaban J connectivity index is 2.90. The van der Waals surface area contributed by atoms with Gasteiger partial charge in [-0.3, -0.25) is 4.79 Å². The monoisotopic (exact) mass is 245 g/mol. The van der Waals surface area contributed by atoms with Gasteiger partial charge in [-0.1, -0.05) is 34.6 Å². The van der Waals surface area contributed by atoms with Crippen molar-refractivity contribution in [2.24, 2.45) is 11.3 Å². The summed E-state index contributed by atoms with van der Waals surface area (Å²) in [7, 11) is 0. The van der Waals surface area contributed by atoms with Crippen molar-refractivity contribution in [2.75, 3.05) is 6.61 Å². The summed E-state index contributed by atoms with van der Waals surface area (Å²) >= 11 is 0. The number of hydrogen-bond acceptors (Lipinski definition) is 3. The Morgan fingerprint density at radius 2 is 2.00 bits per heavy atom. The first kappa shape index (κ1) is 13.9. The van der Waals surface area contributed by atoms with Crippen LogP contribution >= 0.6 is 0 Å². The van der Waals surface area contributed by atoms with Gasteiger partial charge in [-0.25, -0.2) is 14.1 Å². The Morgan fingerprint density at radius 1 is 1.47 bits per heavy atom. The van der Waals surface area contributed by atoms with Crippen molar-refractivity contribution in [3.8, 4) is 0 Å². The number of cyclic esters (lactones) is 1. The van der Waals surface area contributed by atoms with E-state index in [1.807, 2.05) is 13.8 Å². The number of halogens is 1. The maximum Gasteiger partial charge on any atom is 0.417 e. The minimum absolute atomic E-state index is 0.0533. The Morgan fingerprint density at radius 3 is 2.41 bits per heavy atom. The molecule has 0 aromatic carbocycles. The molecule has 0 aromatic heterocycles. The number of nitrogens with zero attached hydrogens (tertiary/aromatic N) is 1. The molecule has 17 heavy (non-hydrogen) atoms. The highest BCUT2D eigenvalue weighted by Crippen LogP contribution is 2.28. The van der Waals surface area contributed by atoms with Gasteiger partial charge in [-0.2, -0.15) is 0 Å². The fourth-order valence-electron chi connectivity index (χ4n) is 1.67. The van der Waals surface area contributed by atoms with Gasteiger partial charge in [0.1, 0.15) is 6.61 Å². The van der Waals surface area contributed by atoms with E-state index in [-0.39, 0.29) is 18.6 Å². The van der Waals surface area contributed by atoms with Crippen LogP contribution in [0, 0.1) is 11.3 Å². The molecular weight excluding hydrogens is 225 g/mol. The molecule has 2 amide bonds. The quantitative estimate of drug-likeness (QED) is 0.750. The van der Waals surface area contributed by atoms with Crippen LogP contribution in [0.5, 0.6) is 0 Å². The highest BCUT2D eigenvalue weighted by molar-refractivity contribution is 5.96. The van der Waals surface area contributed by atoms with Crippen molar-refractivity contribution < 1.29 is 18.7 Å². The summed E-state index contributed by atoms with van der Waals surface area (Å²) in [6.45, 7) is 8.78. The first-order chi connectivity index (χ1) is 7.66. The summed E-state index contributed by atoms with van der Waals surface area (Å²) in [4.78, 5) is 24.4. The molecule has 0 aliphatic carbocycles. The smallest absolute Gasteiger partial charge is 0.417 e. The van der Waals surface area contributed by atoms with Crippen LogP contribution in [0.2, 0.25) is 0 Å². The van der Waals surface area contributed by atoms with E-state index < -0.39 is 23.6 Å². The van der Waals surface area contributed by atoms with Crippen LogP contribution in [0.1, 0.15) is 34.6 Å². The minimum atomic E-state index is -1.70. The highest BCUT2D eigenvalue weighted by Gasteiger charge is 2.45. The second kappa shape index (κ2) is 4.63. The first-order valence-corrected chi connectivity index (χ1v) is 5.80. The van der Waals surface area contributed by atoms with Gasteiger partial charge in [0.2, 0.25) is 0 Å². The number of ether oxygens (including phenoxy) is 1. The number of imide groups is 1. The van der Waals surface area contributed by atoms with Gasteiger partial charge < -0.3 is 4.74 Å². The van der Waals surface area contributed by atoms with Gasteiger partial charge in [0.05, 0.1) is 6.04 Å². The van der Waals surface area contributed by atoms with E-state index in [9.17, 15) is 14.0 Å². The molecule has 4 nitrogen and oxygen atoms in total. The largest absolute Gasteiger partial charge is 0.447 e. The van der Waals surface area contributed by atoms with Gasteiger partial charge in [-0.05, 0) is 5.92 Å². The Hall–Kier alpha value is -1.13. The van der Waals surface area contributed by atoms with Crippen molar-refractivity contribution in [3.63, 3.8) is 0 Å². The van der Waals surface area contributed by atoms with Crippen molar-refractivity contribution in [1.29, 1.82) is 0 Å². The predicted octanol–water partition coefficient (Wildman–Crippen LogP) is 2.37. The molecule has 0 saturated carbocycles. The van der Waals surface area contributed by atoms with Crippen LogP contribution in [-0.2, 0) is 9.53 Å². The molecule has 2 atom stereocenters. The van der Waals surface area contributed by atoms with Crippen molar-refractivity contribution >= 4 is 12.0 Å². The third kappa shape index (κ3) is 2.76. The van der Waals surface area contributed by atoms with E-state index in [1.165, 1.54) is 0 Å². The van der Waals surface area contributed by atoms with E-state index >= 15 is 0 Å². The normalized spacial score (nSPS) is 22.9. The van der Waals surface area contributed by atoms with Gasteiger partial charge in [0.25, 0.3) is 5.91 Å². The predicted molar refractivity (Wildman–Crippen MR) is 61.2 cm³/mol. The zero-order valence-corrected chi connectivity index (χ0v) is 11.0. The molecule has 1 saturated heterocycles. The molecular formula is C12H20FNO3. The average molecular weight is 245 g/mol. The van der Waals surface area contributed by atoms with Crippen molar-refractivity contribution in [3.05, 3.63) is 0 Å². The second-order valence-electron chi connectivity index (χ2n) is 5.83. The molecule has 5 heteroatoms. The fraction of sp³-hybridized carbons (Fsp3) is 0.833. The maximum absolute atomic E-state index is 14.0. The van der Waals surface area contributed by atoms with Gasteiger partial charge in [-0.15, -0.1) is 0 Å².